The molecule has 0 aliphatic carbocycles. The lowest BCUT2D eigenvalue weighted by Crippen LogP contribution is -2.43. The van der Waals surface area contributed by atoms with Crippen LogP contribution in [0.1, 0.15) is 49.4 Å². The smallest absolute Gasteiger partial charge is 0.318 e. The highest BCUT2D eigenvalue weighted by molar-refractivity contribution is 6.03. The first-order valence-corrected chi connectivity index (χ1v) is 15.4. The number of aromatic hydroxyl groups is 1. The largest absolute Gasteiger partial charge is 0.508 e. The summed E-state index contributed by atoms with van der Waals surface area (Å²) in [6.45, 7) is 4.57. The first-order chi connectivity index (χ1) is 21.2. The average molecular weight is 607 g/mol. The third-order valence-corrected chi connectivity index (χ3v) is 9.68. The molecule has 3 saturated heterocycles. The topological polar surface area (TPSA) is 120 Å². The molecule has 0 saturated carbocycles. The molecule has 4 aliphatic rings. The maximum Gasteiger partial charge on any atom is 0.318 e. The van der Waals surface area contributed by atoms with Crippen molar-refractivity contribution in [2.75, 3.05) is 43.0 Å². The molecule has 4 aliphatic heterocycles. The van der Waals surface area contributed by atoms with Gasteiger partial charge in [-0.3, -0.25) is 19.8 Å². The number of ether oxygens (including phenoxy) is 1. The van der Waals surface area contributed by atoms with E-state index in [1.807, 2.05) is 6.92 Å². The summed E-state index contributed by atoms with van der Waals surface area (Å²) in [5.74, 6) is -0.779. The van der Waals surface area contributed by atoms with E-state index in [4.69, 9.17) is 14.7 Å². The molecular weight excluding hydrogens is 570 g/mol. The van der Waals surface area contributed by atoms with Crippen LogP contribution in [0.5, 0.6) is 11.8 Å². The van der Waals surface area contributed by atoms with Gasteiger partial charge in [0.25, 0.3) is 0 Å². The van der Waals surface area contributed by atoms with Crippen molar-refractivity contribution in [3.63, 3.8) is 0 Å². The standard InChI is InChI=1S/C32H36F2N6O4/c1-2-22-24(34)5-4-18-10-21(41)12-26(28(18)22)39-9-6-23-25(16-39)36-31(38-29(23)35-14-19-11-27(42)37-30(19)43)44-17-32-7-3-8-40(32)15-20(33)13-32/h4-5,10,12,19-20,41H,2-3,6-9,11,13-17H2,1H3,(H,35,36,38)(H,37,42,43)/t19?,20-,32+/m1/s1. The fourth-order valence-electron chi connectivity index (χ4n) is 7.54. The van der Waals surface area contributed by atoms with Crippen LogP contribution in [0.15, 0.2) is 24.3 Å². The predicted molar refractivity (Wildman–Crippen MR) is 160 cm³/mol. The minimum Gasteiger partial charge on any atom is -0.508 e. The van der Waals surface area contributed by atoms with Crippen molar-refractivity contribution in [2.45, 2.75) is 63.7 Å². The van der Waals surface area contributed by atoms with Gasteiger partial charge in [-0.1, -0.05) is 13.0 Å². The van der Waals surface area contributed by atoms with Crippen LogP contribution in [0.3, 0.4) is 0 Å². The summed E-state index contributed by atoms with van der Waals surface area (Å²) in [6, 6.07) is 6.59. The van der Waals surface area contributed by atoms with E-state index in [0.717, 1.165) is 41.4 Å². The third-order valence-electron chi connectivity index (χ3n) is 9.68. The van der Waals surface area contributed by atoms with Crippen molar-refractivity contribution >= 4 is 34.1 Å². The number of carbonyl (C=O) groups excluding carboxylic acids is 2. The van der Waals surface area contributed by atoms with Crippen LogP contribution in [0.4, 0.5) is 20.3 Å². The number of hydrogen-bond donors (Lipinski definition) is 3. The van der Waals surface area contributed by atoms with E-state index in [1.54, 1.807) is 18.2 Å². The first kappa shape index (κ1) is 28.7. The number of halogens is 2. The molecule has 3 N–H and O–H groups in total. The zero-order valence-electron chi connectivity index (χ0n) is 24.7. The van der Waals surface area contributed by atoms with Crippen molar-refractivity contribution in [1.82, 2.24) is 20.2 Å². The van der Waals surface area contributed by atoms with Crippen molar-refractivity contribution < 1.29 is 28.2 Å². The number of rotatable bonds is 8. The Hall–Kier alpha value is -4.06. The summed E-state index contributed by atoms with van der Waals surface area (Å²) >= 11 is 0. The van der Waals surface area contributed by atoms with Gasteiger partial charge in [-0.15, -0.1) is 0 Å². The second-order valence-electron chi connectivity index (χ2n) is 12.5. The molecule has 3 aromatic rings. The van der Waals surface area contributed by atoms with Gasteiger partial charge < -0.3 is 20.1 Å². The number of imide groups is 1. The summed E-state index contributed by atoms with van der Waals surface area (Å²) < 4.78 is 35.5. The number of nitrogens with one attached hydrogen (secondary N) is 2. The van der Waals surface area contributed by atoms with Gasteiger partial charge in [0.05, 0.1) is 23.7 Å². The Balaban J connectivity index is 1.22. The zero-order valence-corrected chi connectivity index (χ0v) is 24.7. The minimum atomic E-state index is -0.885. The van der Waals surface area contributed by atoms with Crippen molar-refractivity contribution in [3.05, 3.63) is 46.9 Å². The number of phenols is 1. The molecule has 1 aromatic heterocycles. The number of benzene rings is 2. The zero-order chi connectivity index (χ0) is 30.6. The molecule has 232 valence electrons. The van der Waals surface area contributed by atoms with Gasteiger partial charge >= 0.3 is 6.01 Å². The van der Waals surface area contributed by atoms with Gasteiger partial charge in [0.15, 0.2) is 0 Å². The van der Waals surface area contributed by atoms with Crippen molar-refractivity contribution in [1.29, 1.82) is 0 Å². The molecule has 44 heavy (non-hydrogen) atoms. The Morgan fingerprint density at radius 1 is 1.23 bits per heavy atom. The molecule has 7 rings (SSSR count). The molecule has 0 bridgehead atoms. The number of phenolic OH excluding ortho intramolecular Hbond substituents is 1. The molecular formula is C32H36F2N6O4. The Kier molecular flexibility index (Phi) is 7.26. The number of anilines is 2. The molecule has 2 aromatic carbocycles. The lowest BCUT2D eigenvalue weighted by Gasteiger charge is -2.33. The fraction of sp³-hybridized carbons (Fsp3) is 0.500. The van der Waals surface area contributed by atoms with Gasteiger partial charge in [0.1, 0.15) is 30.2 Å². The second kappa shape index (κ2) is 11.1. The molecule has 5 heterocycles. The van der Waals surface area contributed by atoms with E-state index in [-0.39, 0.29) is 54.5 Å². The number of hydrogen-bond acceptors (Lipinski definition) is 9. The molecule has 12 heteroatoms. The number of aromatic nitrogens is 2. The highest BCUT2D eigenvalue weighted by atomic mass is 19.1. The molecule has 2 amide bonds. The van der Waals surface area contributed by atoms with Crippen LogP contribution in [0.25, 0.3) is 10.8 Å². The fourth-order valence-corrected chi connectivity index (χ4v) is 7.54. The SMILES string of the molecule is CCc1c(F)ccc2cc(O)cc(N3CCc4c(nc(OC[C@@]56CCCN5C[C@H](F)C6)nc4NCC4CC(=O)NC4=O)C3)c12. The lowest BCUT2D eigenvalue weighted by molar-refractivity contribution is -0.125. The maximum absolute atomic E-state index is 14.9. The van der Waals surface area contributed by atoms with Crippen LogP contribution in [0.2, 0.25) is 0 Å². The summed E-state index contributed by atoms with van der Waals surface area (Å²) in [4.78, 5) is 37.8. The number of carbonyl (C=O) groups is 2. The van der Waals surface area contributed by atoms with Crippen LogP contribution >= 0.6 is 0 Å². The molecule has 3 fully saturated rings. The third kappa shape index (κ3) is 5.08. The van der Waals surface area contributed by atoms with Crippen molar-refractivity contribution in [3.8, 4) is 11.8 Å². The van der Waals surface area contributed by atoms with Crippen molar-refractivity contribution in [2.24, 2.45) is 5.92 Å². The van der Waals surface area contributed by atoms with E-state index in [0.29, 0.717) is 56.0 Å². The Labute approximate surface area is 253 Å². The van der Waals surface area contributed by atoms with Crippen LogP contribution in [0, 0.1) is 11.7 Å². The summed E-state index contributed by atoms with van der Waals surface area (Å²) in [7, 11) is 0. The number of alkyl halides is 1. The Morgan fingerprint density at radius 3 is 2.89 bits per heavy atom. The minimum absolute atomic E-state index is 0.0912. The van der Waals surface area contributed by atoms with E-state index in [1.165, 1.54) is 6.07 Å². The first-order valence-electron chi connectivity index (χ1n) is 15.4. The highest BCUT2D eigenvalue weighted by Gasteiger charge is 2.49. The van der Waals surface area contributed by atoms with E-state index in [9.17, 15) is 23.5 Å². The Bertz CT molecular complexity index is 1650. The van der Waals surface area contributed by atoms with Gasteiger partial charge in [0, 0.05) is 55.2 Å². The molecule has 0 radical (unpaired) electrons. The van der Waals surface area contributed by atoms with E-state index < -0.39 is 12.1 Å². The average Bonchev–Trinajstić information content (AvgIpc) is 3.64. The van der Waals surface area contributed by atoms with Gasteiger partial charge in [-0.25, -0.2) is 8.78 Å². The quantitative estimate of drug-likeness (QED) is 0.330. The van der Waals surface area contributed by atoms with Gasteiger partial charge in [-0.2, -0.15) is 9.97 Å². The normalized spacial score (nSPS) is 24.9. The molecule has 3 atom stereocenters. The summed E-state index contributed by atoms with van der Waals surface area (Å²) in [5, 5.41) is 17.7. The van der Waals surface area contributed by atoms with Gasteiger partial charge in [0.2, 0.25) is 11.8 Å². The number of fused-ring (bicyclic) bond motifs is 3. The maximum atomic E-state index is 14.9. The molecule has 0 spiro atoms. The summed E-state index contributed by atoms with van der Waals surface area (Å²) in [5.41, 5.74) is 2.51. The van der Waals surface area contributed by atoms with Gasteiger partial charge in [-0.05, 0) is 55.3 Å². The van der Waals surface area contributed by atoms with Crippen LogP contribution in [-0.4, -0.2) is 76.3 Å². The Morgan fingerprint density at radius 2 is 2.09 bits per heavy atom. The number of aryl methyl sites for hydroxylation is 1. The van der Waals surface area contributed by atoms with E-state index in [2.05, 4.69) is 20.4 Å². The van der Waals surface area contributed by atoms with Crippen LogP contribution in [-0.2, 0) is 29.0 Å². The number of nitrogens with zero attached hydrogens (tertiary/aromatic N) is 4. The summed E-state index contributed by atoms with van der Waals surface area (Å²) in [6.07, 6.45) is 2.52. The predicted octanol–water partition coefficient (Wildman–Crippen LogP) is 3.63. The molecule has 1 unspecified atom stereocenters. The van der Waals surface area contributed by atoms with Crippen LogP contribution < -0.4 is 20.3 Å². The molecule has 10 nitrogen and oxygen atoms in total. The monoisotopic (exact) mass is 606 g/mol. The lowest BCUT2D eigenvalue weighted by atomic mass is 9.95. The number of amides is 2. The van der Waals surface area contributed by atoms with E-state index >= 15 is 0 Å². The second-order valence-corrected chi connectivity index (χ2v) is 12.5. The highest BCUT2D eigenvalue weighted by Crippen LogP contribution is 2.41.